The van der Waals surface area contributed by atoms with E-state index in [2.05, 4.69) is 34.7 Å². The second kappa shape index (κ2) is 7.04. The molecule has 3 N–H and O–H groups in total. The van der Waals surface area contributed by atoms with E-state index in [4.69, 9.17) is 4.74 Å². The number of carbonyl (C=O) groups is 1. The third kappa shape index (κ3) is 3.67. The Morgan fingerprint density at radius 3 is 2.96 bits per heavy atom. The van der Waals surface area contributed by atoms with Gasteiger partial charge in [-0.15, -0.1) is 0 Å². The van der Waals surface area contributed by atoms with Crippen LogP contribution in [0, 0.1) is 6.92 Å². The Balaban J connectivity index is 1.49. The molecule has 2 aromatic rings. The topological polar surface area (TPSA) is 66.2 Å². The van der Waals surface area contributed by atoms with Crippen molar-refractivity contribution in [3.63, 3.8) is 0 Å². The summed E-state index contributed by atoms with van der Waals surface area (Å²) in [4.78, 5) is 15.4. The Kier molecular flexibility index (Phi) is 4.86. The second-order valence-corrected chi connectivity index (χ2v) is 6.29. The Labute approximate surface area is 136 Å². The summed E-state index contributed by atoms with van der Waals surface area (Å²) in [6, 6.07) is 8.43. The molecule has 0 aliphatic heterocycles. The van der Waals surface area contributed by atoms with E-state index in [9.17, 15) is 4.79 Å². The number of H-pyrrole nitrogens is 1. The zero-order chi connectivity index (χ0) is 16.2. The first-order valence-corrected chi connectivity index (χ1v) is 8.30. The maximum atomic E-state index is 12.0. The molecule has 23 heavy (non-hydrogen) atoms. The van der Waals surface area contributed by atoms with Crippen molar-refractivity contribution < 1.29 is 9.53 Å². The lowest BCUT2D eigenvalue weighted by Gasteiger charge is -2.14. The van der Waals surface area contributed by atoms with Gasteiger partial charge in [0.15, 0.2) is 0 Å². The molecule has 0 bridgehead atoms. The van der Waals surface area contributed by atoms with Crippen molar-refractivity contribution >= 4 is 16.9 Å². The molecule has 1 aliphatic carbocycles. The number of nitrogens with one attached hydrogen (secondary N) is 3. The number of carbonyl (C=O) groups excluding carboxylic acids is 1. The molecule has 1 saturated carbocycles. The minimum Gasteiger partial charge on any atom is -0.381 e. The lowest BCUT2D eigenvalue weighted by Crippen LogP contribution is -2.42. The molecule has 1 fully saturated rings. The standard InChI is InChI=1S/C18H25N3O2/c1-12-15(16-5-3-4-6-17(16)20-12)9-10-19-18(22)21-13-7-8-14(11-13)23-2/h3-6,13-14,20H,7-11H2,1-2H3,(H2,19,21,22)/t13-,14-/m0/s1. The summed E-state index contributed by atoms with van der Waals surface area (Å²) < 4.78 is 5.33. The van der Waals surface area contributed by atoms with E-state index in [1.54, 1.807) is 7.11 Å². The fraction of sp³-hybridized carbons (Fsp3) is 0.500. The van der Waals surface area contributed by atoms with Gasteiger partial charge >= 0.3 is 6.03 Å². The van der Waals surface area contributed by atoms with Crippen LogP contribution in [0.2, 0.25) is 0 Å². The van der Waals surface area contributed by atoms with Crippen LogP contribution >= 0.6 is 0 Å². The predicted octanol–water partition coefficient (Wildman–Crippen LogP) is 2.89. The molecule has 124 valence electrons. The minimum atomic E-state index is -0.0794. The van der Waals surface area contributed by atoms with Gasteiger partial charge in [-0.2, -0.15) is 0 Å². The number of aryl methyl sites for hydroxylation is 1. The van der Waals surface area contributed by atoms with Crippen molar-refractivity contribution in [2.45, 2.75) is 44.8 Å². The van der Waals surface area contributed by atoms with Gasteiger partial charge in [0.05, 0.1) is 6.10 Å². The van der Waals surface area contributed by atoms with E-state index in [0.29, 0.717) is 6.54 Å². The molecule has 1 aromatic heterocycles. The molecule has 0 unspecified atom stereocenters. The summed E-state index contributed by atoms with van der Waals surface area (Å²) in [7, 11) is 1.73. The Bertz CT molecular complexity index is 680. The number of fused-ring (bicyclic) bond motifs is 1. The quantitative estimate of drug-likeness (QED) is 0.794. The third-order valence-electron chi connectivity index (χ3n) is 4.74. The number of benzene rings is 1. The molecule has 2 atom stereocenters. The lowest BCUT2D eigenvalue weighted by atomic mass is 10.1. The number of rotatable bonds is 5. The Morgan fingerprint density at radius 2 is 2.17 bits per heavy atom. The normalized spacial score (nSPS) is 20.8. The molecule has 5 nitrogen and oxygen atoms in total. The summed E-state index contributed by atoms with van der Waals surface area (Å²) >= 11 is 0. The van der Waals surface area contributed by atoms with Crippen LogP contribution in [0.1, 0.15) is 30.5 Å². The van der Waals surface area contributed by atoms with Gasteiger partial charge in [-0.05, 0) is 44.2 Å². The number of para-hydroxylation sites is 1. The number of amides is 2. The highest BCUT2D eigenvalue weighted by atomic mass is 16.5. The number of aromatic amines is 1. The molecule has 1 aromatic carbocycles. The predicted molar refractivity (Wildman–Crippen MR) is 91.7 cm³/mol. The van der Waals surface area contributed by atoms with Gasteiger partial charge in [-0.3, -0.25) is 0 Å². The van der Waals surface area contributed by atoms with Gasteiger partial charge in [0.2, 0.25) is 0 Å². The Hall–Kier alpha value is -2.01. The lowest BCUT2D eigenvalue weighted by molar-refractivity contribution is 0.107. The van der Waals surface area contributed by atoms with Gasteiger partial charge in [-0.25, -0.2) is 4.79 Å². The highest BCUT2D eigenvalue weighted by Gasteiger charge is 2.25. The molecule has 0 radical (unpaired) electrons. The highest BCUT2D eigenvalue weighted by Crippen LogP contribution is 2.22. The van der Waals surface area contributed by atoms with Crippen molar-refractivity contribution in [2.24, 2.45) is 0 Å². The summed E-state index contributed by atoms with van der Waals surface area (Å²) in [5, 5.41) is 7.25. The van der Waals surface area contributed by atoms with Gasteiger partial charge in [0.25, 0.3) is 0 Å². The van der Waals surface area contributed by atoms with Crippen molar-refractivity contribution in [2.75, 3.05) is 13.7 Å². The van der Waals surface area contributed by atoms with Crippen LogP contribution in [0.4, 0.5) is 4.79 Å². The van der Waals surface area contributed by atoms with Crippen molar-refractivity contribution in [1.29, 1.82) is 0 Å². The first-order chi connectivity index (χ1) is 11.2. The fourth-order valence-corrected chi connectivity index (χ4v) is 3.48. The molecule has 1 aliphatic rings. The molecule has 2 amide bonds. The number of aromatic nitrogens is 1. The Morgan fingerprint density at radius 1 is 1.35 bits per heavy atom. The molecule has 0 saturated heterocycles. The van der Waals surface area contributed by atoms with Crippen LogP contribution in [-0.2, 0) is 11.2 Å². The molecule has 3 rings (SSSR count). The average molecular weight is 315 g/mol. The van der Waals surface area contributed by atoms with E-state index >= 15 is 0 Å². The van der Waals surface area contributed by atoms with Crippen molar-refractivity contribution in [3.05, 3.63) is 35.5 Å². The minimum absolute atomic E-state index is 0.0794. The first-order valence-electron chi connectivity index (χ1n) is 8.30. The second-order valence-electron chi connectivity index (χ2n) is 6.29. The van der Waals surface area contributed by atoms with Crippen LogP contribution < -0.4 is 10.6 Å². The van der Waals surface area contributed by atoms with Crippen LogP contribution in [0.3, 0.4) is 0 Å². The number of hydrogen-bond donors (Lipinski definition) is 3. The van der Waals surface area contributed by atoms with E-state index in [0.717, 1.165) is 31.2 Å². The maximum Gasteiger partial charge on any atom is 0.315 e. The van der Waals surface area contributed by atoms with Gasteiger partial charge < -0.3 is 20.4 Å². The van der Waals surface area contributed by atoms with Gasteiger partial charge in [-0.1, -0.05) is 18.2 Å². The summed E-state index contributed by atoms with van der Waals surface area (Å²) in [5.74, 6) is 0. The largest absolute Gasteiger partial charge is 0.381 e. The number of urea groups is 1. The zero-order valence-electron chi connectivity index (χ0n) is 13.8. The summed E-state index contributed by atoms with van der Waals surface area (Å²) in [6.45, 7) is 2.72. The van der Waals surface area contributed by atoms with Crippen LogP contribution in [0.15, 0.2) is 24.3 Å². The van der Waals surface area contributed by atoms with Gasteiger partial charge in [0, 0.05) is 36.3 Å². The zero-order valence-corrected chi connectivity index (χ0v) is 13.8. The van der Waals surface area contributed by atoms with Crippen LogP contribution in [0.25, 0.3) is 10.9 Å². The number of ether oxygens (including phenoxy) is 1. The average Bonchev–Trinajstić information content (AvgIpc) is 3.12. The van der Waals surface area contributed by atoms with E-state index in [-0.39, 0.29) is 18.2 Å². The van der Waals surface area contributed by atoms with Crippen molar-refractivity contribution in [1.82, 2.24) is 15.6 Å². The molecule has 1 heterocycles. The monoisotopic (exact) mass is 315 g/mol. The number of methoxy groups -OCH3 is 1. The highest BCUT2D eigenvalue weighted by molar-refractivity contribution is 5.84. The van der Waals surface area contributed by atoms with Crippen molar-refractivity contribution in [3.8, 4) is 0 Å². The van der Waals surface area contributed by atoms with Crippen LogP contribution in [-0.4, -0.2) is 36.8 Å². The van der Waals surface area contributed by atoms with Crippen LogP contribution in [0.5, 0.6) is 0 Å². The van der Waals surface area contributed by atoms with E-state index in [1.807, 2.05) is 12.1 Å². The maximum absolute atomic E-state index is 12.0. The van der Waals surface area contributed by atoms with E-state index in [1.165, 1.54) is 16.6 Å². The summed E-state index contributed by atoms with van der Waals surface area (Å²) in [5.41, 5.74) is 3.61. The molecule has 0 spiro atoms. The third-order valence-corrected chi connectivity index (χ3v) is 4.74. The van der Waals surface area contributed by atoms with E-state index < -0.39 is 0 Å². The molecular formula is C18H25N3O2. The first kappa shape index (κ1) is 15.9. The van der Waals surface area contributed by atoms with Gasteiger partial charge in [0.1, 0.15) is 0 Å². The molecule has 5 heteroatoms. The summed E-state index contributed by atoms with van der Waals surface area (Å²) in [6.07, 6.45) is 4.04. The SMILES string of the molecule is CO[C@H]1CC[C@H](NC(=O)NCCc2c(C)[nH]c3ccccc23)C1. The molecular weight excluding hydrogens is 290 g/mol. The number of hydrogen-bond acceptors (Lipinski definition) is 2. The fourth-order valence-electron chi connectivity index (χ4n) is 3.48. The smallest absolute Gasteiger partial charge is 0.315 e.